The van der Waals surface area contributed by atoms with Gasteiger partial charge in [0.1, 0.15) is 11.6 Å². The van der Waals surface area contributed by atoms with Gasteiger partial charge in [-0.05, 0) is 75.9 Å². The monoisotopic (exact) mass is 587 g/mol. The maximum Gasteiger partial charge on any atom is 0.303 e. The summed E-state index contributed by atoms with van der Waals surface area (Å²) in [5, 5.41) is 9.27. The highest BCUT2D eigenvalue weighted by Gasteiger charge is 2.42. The summed E-state index contributed by atoms with van der Waals surface area (Å²) in [5.41, 5.74) is 4.31. The number of imidazole rings is 2. The molecule has 226 valence electrons. The Morgan fingerprint density at radius 1 is 1.12 bits per heavy atom. The van der Waals surface area contributed by atoms with Crippen LogP contribution in [0.5, 0.6) is 11.5 Å². The van der Waals surface area contributed by atoms with Crippen molar-refractivity contribution in [3.05, 3.63) is 94.8 Å². The standard InChI is InChI=1S/C33H38FN5O4/c1-4-38-21-35-17-25(38)19-39-24(9-11-31(40)41)18-36-30(39)20-37-14-12-23(13-15-37)26-6-5-7-29-32(26)43-33(3,42-29)27-10-8-22(2)16-28(27)34/h5-8,10,16-18,21,23H,4,9,11-15,19-20H2,1-3H3,(H,40,41). The highest BCUT2D eigenvalue weighted by Crippen LogP contribution is 2.49. The van der Waals surface area contributed by atoms with Gasteiger partial charge in [-0.1, -0.05) is 18.2 Å². The molecule has 2 aliphatic rings. The number of piperidine rings is 1. The van der Waals surface area contributed by atoms with Crippen LogP contribution in [0.1, 0.15) is 72.9 Å². The minimum atomic E-state index is -1.22. The second-order valence-corrected chi connectivity index (χ2v) is 11.7. The van der Waals surface area contributed by atoms with Crippen LogP contribution < -0.4 is 9.47 Å². The van der Waals surface area contributed by atoms with Gasteiger partial charge in [-0.25, -0.2) is 14.4 Å². The molecular weight excluding hydrogens is 549 g/mol. The molecule has 0 bridgehead atoms. The van der Waals surface area contributed by atoms with Crippen molar-refractivity contribution in [1.82, 2.24) is 24.0 Å². The van der Waals surface area contributed by atoms with E-state index in [1.165, 1.54) is 6.07 Å². The molecular formula is C33H38FN5O4. The van der Waals surface area contributed by atoms with E-state index in [9.17, 15) is 14.3 Å². The van der Waals surface area contributed by atoms with Crippen molar-refractivity contribution in [3.8, 4) is 11.5 Å². The number of halogens is 1. The topological polar surface area (TPSA) is 94.6 Å². The van der Waals surface area contributed by atoms with Crippen LogP contribution in [0.3, 0.4) is 0 Å². The number of hydrogen-bond donors (Lipinski definition) is 1. The van der Waals surface area contributed by atoms with Gasteiger partial charge in [-0.15, -0.1) is 0 Å². The number of likely N-dealkylation sites (tertiary alicyclic amines) is 1. The third kappa shape index (κ3) is 5.88. The molecule has 0 amide bonds. The molecule has 4 heterocycles. The van der Waals surface area contributed by atoms with Gasteiger partial charge in [0.15, 0.2) is 11.5 Å². The second-order valence-electron chi connectivity index (χ2n) is 11.7. The van der Waals surface area contributed by atoms with Crippen molar-refractivity contribution >= 4 is 5.97 Å². The maximum atomic E-state index is 14.9. The van der Waals surface area contributed by atoms with Crippen LogP contribution in [0.15, 0.2) is 55.1 Å². The lowest BCUT2D eigenvalue weighted by Gasteiger charge is -2.32. The molecule has 4 aromatic rings. The van der Waals surface area contributed by atoms with E-state index < -0.39 is 11.8 Å². The van der Waals surface area contributed by atoms with Gasteiger partial charge in [0.05, 0.1) is 37.1 Å². The number of carboxylic acid groups (broad SMARTS) is 1. The molecule has 1 saturated heterocycles. The lowest BCUT2D eigenvalue weighted by molar-refractivity contribution is -0.137. The average molecular weight is 588 g/mol. The highest BCUT2D eigenvalue weighted by molar-refractivity contribution is 5.67. The van der Waals surface area contributed by atoms with Crippen LogP contribution in [0, 0.1) is 12.7 Å². The first kappa shape index (κ1) is 28.9. The number of rotatable bonds is 10. The summed E-state index contributed by atoms with van der Waals surface area (Å²) in [5.74, 6) is 0.175. The van der Waals surface area contributed by atoms with E-state index in [0.717, 1.165) is 60.8 Å². The fourth-order valence-electron chi connectivity index (χ4n) is 6.30. The van der Waals surface area contributed by atoms with E-state index in [1.807, 2.05) is 43.8 Å². The maximum absolute atomic E-state index is 14.9. The van der Waals surface area contributed by atoms with Crippen LogP contribution in [-0.2, 0) is 36.6 Å². The first-order valence-electron chi connectivity index (χ1n) is 15.0. The minimum absolute atomic E-state index is 0.0619. The Kier molecular flexibility index (Phi) is 7.96. The molecule has 6 rings (SSSR count). The SMILES string of the molecule is CCn1cncc1Cn1c(CCC(=O)O)cnc1CN1CCC(c2cccc3c2OC(C)(c2ccc(C)cc2F)O3)CC1. The predicted molar refractivity (Wildman–Crippen MR) is 159 cm³/mol. The normalized spacial score (nSPS) is 18.8. The van der Waals surface area contributed by atoms with Crippen molar-refractivity contribution < 1.29 is 23.8 Å². The van der Waals surface area contributed by atoms with Gasteiger partial charge in [0.2, 0.25) is 0 Å². The molecule has 9 nitrogen and oxygen atoms in total. The first-order chi connectivity index (χ1) is 20.7. The van der Waals surface area contributed by atoms with E-state index in [4.69, 9.17) is 14.5 Å². The summed E-state index contributed by atoms with van der Waals surface area (Å²) in [6.45, 7) is 9.56. The summed E-state index contributed by atoms with van der Waals surface area (Å²) in [6.07, 6.45) is 7.86. The number of nitrogens with zero attached hydrogens (tertiary/aromatic N) is 5. The summed E-state index contributed by atoms with van der Waals surface area (Å²) < 4.78 is 31.8. The van der Waals surface area contributed by atoms with Crippen molar-refractivity contribution in [3.63, 3.8) is 0 Å². The zero-order chi connectivity index (χ0) is 30.1. The Morgan fingerprint density at radius 2 is 1.93 bits per heavy atom. The summed E-state index contributed by atoms with van der Waals surface area (Å²) in [7, 11) is 0. The molecule has 0 spiro atoms. The summed E-state index contributed by atoms with van der Waals surface area (Å²) >= 11 is 0. The van der Waals surface area contributed by atoms with E-state index in [-0.39, 0.29) is 18.2 Å². The van der Waals surface area contributed by atoms with Crippen molar-refractivity contribution in [2.75, 3.05) is 13.1 Å². The third-order valence-electron chi connectivity index (χ3n) is 8.69. The van der Waals surface area contributed by atoms with Crippen molar-refractivity contribution in [2.45, 2.75) is 77.8 Å². The number of aryl methyl sites for hydroxylation is 3. The molecule has 10 heteroatoms. The Morgan fingerprint density at radius 3 is 2.67 bits per heavy atom. The van der Waals surface area contributed by atoms with Crippen molar-refractivity contribution in [2.24, 2.45) is 0 Å². The van der Waals surface area contributed by atoms with E-state index in [0.29, 0.717) is 36.6 Å². The van der Waals surface area contributed by atoms with Crippen LogP contribution in [-0.4, -0.2) is 48.2 Å². The molecule has 0 saturated carbocycles. The van der Waals surface area contributed by atoms with Gasteiger partial charge < -0.3 is 23.7 Å². The highest BCUT2D eigenvalue weighted by atomic mass is 19.1. The smallest absolute Gasteiger partial charge is 0.303 e. The molecule has 0 aliphatic carbocycles. The van der Waals surface area contributed by atoms with Crippen LogP contribution in [0.2, 0.25) is 0 Å². The Balaban J connectivity index is 1.15. The quantitative estimate of drug-likeness (QED) is 0.257. The number of aliphatic carboxylic acids is 1. The molecule has 0 radical (unpaired) electrons. The average Bonchev–Trinajstić information content (AvgIpc) is 3.69. The van der Waals surface area contributed by atoms with E-state index >= 15 is 0 Å². The van der Waals surface area contributed by atoms with Crippen LogP contribution >= 0.6 is 0 Å². The van der Waals surface area contributed by atoms with Gasteiger partial charge in [-0.3, -0.25) is 9.69 Å². The molecule has 2 aliphatic heterocycles. The number of carbonyl (C=O) groups is 1. The molecule has 2 aromatic carbocycles. The zero-order valence-corrected chi connectivity index (χ0v) is 24.9. The van der Waals surface area contributed by atoms with Gasteiger partial charge >= 0.3 is 5.97 Å². The third-order valence-corrected chi connectivity index (χ3v) is 8.69. The fraction of sp³-hybridized carbons (Fsp3) is 0.424. The number of aromatic nitrogens is 4. The predicted octanol–water partition coefficient (Wildman–Crippen LogP) is 5.64. The number of hydrogen-bond acceptors (Lipinski definition) is 6. The number of fused-ring (bicyclic) bond motifs is 1. The lowest BCUT2D eigenvalue weighted by Crippen LogP contribution is -2.34. The molecule has 1 N–H and O–H groups in total. The Labute approximate surface area is 250 Å². The number of para-hydroxylation sites is 1. The van der Waals surface area contributed by atoms with Gasteiger partial charge in [0, 0.05) is 37.1 Å². The number of ether oxygens (including phenoxy) is 2. The van der Waals surface area contributed by atoms with Gasteiger partial charge in [0.25, 0.3) is 5.79 Å². The number of benzene rings is 2. The summed E-state index contributed by atoms with van der Waals surface area (Å²) in [4.78, 5) is 22.7. The molecule has 1 atom stereocenters. The molecule has 1 fully saturated rings. The molecule has 1 unspecified atom stereocenters. The molecule has 2 aromatic heterocycles. The Bertz CT molecular complexity index is 1620. The lowest BCUT2D eigenvalue weighted by atomic mass is 9.88. The largest absolute Gasteiger partial charge is 0.481 e. The Hall–Kier alpha value is -4.18. The van der Waals surface area contributed by atoms with E-state index in [2.05, 4.69) is 32.0 Å². The zero-order valence-electron chi connectivity index (χ0n) is 24.9. The minimum Gasteiger partial charge on any atom is -0.481 e. The van der Waals surface area contributed by atoms with Crippen molar-refractivity contribution in [1.29, 1.82) is 0 Å². The summed E-state index contributed by atoms with van der Waals surface area (Å²) in [6, 6.07) is 11.1. The first-order valence-corrected chi connectivity index (χ1v) is 15.0. The van der Waals surface area contributed by atoms with Gasteiger partial charge in [-0.2, -0.15) is 0 Å². The van der Waals surface area contributed by atoms with Crippen LogP contribution in [0.25, 0.3) is 0 Å². The second kappa shape index (κ2) is 11.8. The van der Waals surface area contributed by atoms with E-state index in [1.54, 1.807) is 13.0 Å². The van der Waals surface area contributed by atoms with Crippen LogP contribution in [0.4, 0.5) is 4.39 Å². The molecule has 43 heavy (non-hydrogen) atoms. The fourth-order valence-corrected chi connectivity index (χ4v) is 6.30. The number of carboxylic acids is 1.